The molecule has 0 saturated carbocycles. The van der Waals surface area contributed by atoms with Crippen molar-refractivity contribution >= 4 is 34.8 Å². The fraction of sp³-hybridized carbons (Fsp3) is 0.241. The van der Waals surface area contributed by atoms with E-state index in [1.165, 1.54) is 25.3 Å². The first-order valence-electron chi connectivity index (χ1n) is 12.6. The molecule has 2 unspecified atom stereocenters. The number of imidazole rings is 1. The highest BCUT2D eigenvalue weighted by atomic mass is 35.5. The van der Waals surface area contributed by atoms with Crippen molar-refractivity contribution in [3.8, 4) is 23.0 Å². The van der Waals surface area contributed by atoms with E-state index in [9.17, 15) is 14.7 Å². The fourth-order valence-corrected chi connectivity index (χ4v) is 5.84. The molecule has 6 rings (SSSR count). The van der Waals surface area contributed by atoms with Crippen LogP contribution in [0.2, 0.25) is 5.02 Å². The van der Waals surface area contributed by atoms with Crippen LogP contribution in [0, 0.1) is 6.92 Å². The average molecular weight is 560 g/mol. The average Bonchev–Trinajstić information content (AvgIpc) is 3.55. The Morgan fingerprint density at radius 3 is 2.62 bits per heavy atom. The number of hydrogen-bond acceptors (Lipinski definition) is 7. The minimum Gasteiger partial charge on any atom is -0.496 e. The van der Waals surface area contributed by atoms with E-state index in [-0.39, 0.29) is 12.3 Å². The van der Waals surface area contributed by atoms with Gasteiger partial charge in [0.15, 0.2) is 11.2 Å². The molecular weight excluding hydrogens is 534 g/mol. The number of pyridine rings is 1. The van der Waals surface area contributed by atoms with E-state index in [4.69, 9.17) is 26.1 Å². The van der Waals surface area contributed by atoms with E-state index >= 15 is 0 Å². The Labute approximate surface area is 235 Å². The maximum Gasteiger partial charge on any atom is 0.280 e. The number of methoxy groups -OCH3 is 2. The van der Waals surface area contributed by atoms with Crippen molar-refractivity contribution in [1.29, 1.82) is 0 Å². The molecule has 2 N–H and O–H groups in total. The number of ether oxygens (including phenoxy) is 2. The first-order chi connectivity index (χ1) is 19.3. The van der Waals surface area contributed by atoms with Gasteiger partial charge in [-0.1, -0.05) is 29.8 Å². The molecule has 4 aromatic rings. The van der Waals surface area contributed by atoms with Crippen LogP contribution in [0.25, 0.3) is 11.4 Å². The molecule has 2 aliphatic rings. The summed E-state index contributed by atoms with van der Waals surface area (Å²) in [5.74, 6) is 0.164. The Bertz CT molecular complexity index is 1700. The number of aliphatic hydroxyl groups excluding tert-OH is 1. The minimum atomic E-state index is -1.62. The zero-order valence-corrected chi connectivity index (χ0v) is 23.0. The first kappa shape index (κ1) is 25.8. The van der Waals surface area contributed by atoms with Crippen LogP contribution in [0.3, 0.4) is 0 Å². The number of aromatic nitrogens is 3. The van der Waals surface area contributed by atoms with Gasteiger partial charge in [-0.3, -0.25) is 14.5 Å². The summed E-state index contributed by atoms with van der Waals surface area (Å²) in [5, 5.41) is 13.8. The summed E-state index contributed by atoms with van der Waals surface area (Å²) in [6, 6.07) is 13.4. The highest BCUT2D eigenvalue weighted by molar-refractivity contribution is 6.31. The molecule has 0 fully saturated rings. The molecule has 2 atom stereocenters. The molecule has 2 aromatic carbocycles. The third kappa shape index (κ3) is 3.46. The number of rotatable bonds is 6. The molecule has 1 spiro atoms. The molecule has 4 heterocycles. The van der Waals surface area contributed by atoms with Crippen molar-refractivity contribution in [1.82, 2.24) is 14.5 Å². The summed E-state index contributed by atoms with van der Waals surface area (Å²) in [6.45, 7) is 3.43. The van der Waals surface area contributed by atoms with Gasteiger partial charge >= 0.3 is 0 Å². The summed E-state index contributed by atoms with van der Waals surface area (Å²) in [6.07, 6.45) is 1.54. The van der Waals surface area contributed by atoms with Gasteiger partial charge in [0.2, 0.25) is 5.88 Å². The summed E-state index contributed by atoms with van der Waals surface area (Å²) < 4.78 is 12.6. The van der Waals surface area contributed by atoms with Crippen molar-refractivity contribution in [3.05, 3.63) is 82.3 Å². The topological polar surface area (TPSA) is 119 Å². The number of aliphatic hydroxyl groups is 1. The smallest absolute Gasteiger partial charge is 0.280 e. The number of benzene rings is 2. The van der Waals surface area contributed by atoms with Crippen LogP contribution >= 0.6 is 11.6 Å². The van der Waals surface area contributed by atoms with Crippen molar-refractivity contribution in [3.63, 3.8) is 0 Å². The van der Waals surface area contributed by atoms with Crippen LogP contribution in [0.1, 0.15) is 40.3 Å². The van der Waals surface area contributed by atoms with Gasteiger partial charge in [-0.05, 0) is 43.7 Å². The fourth-order valence-electron chi connectivity index (χ4n) is 5.66. The quantitative estimate of drug-likeness (QED) is 0.361. The van der Waals surface area contributed by atoms with Gasteiger partial charge in [-0.25, -0.2) is 9.97 Å². The molecule has 2 amide bonds. The molecule has 0 radical (unpaired) electrons. The number of fused-ring (bicyclic) bond motifs is 4. The van der Waals surface area contributed by atoms with E-state index < -0.39 is 23.4 Å². The lowest BCUT2D eigenvalue weighted by Gasteiger charge is -2.36. The molecule has 11 heteroatoms. The Balaban J connectivity index is 1.72. The van der Waals surface area contributed by atoms with Crippen molar-refractivity contribution in [2.24, 2.45) is 0 Å². The van der Waals surface area contributed by atoms with Crippen LogP contribution in [0.5, 0.6) is 11.6 Å². The lowest BCUT2D eigenvalue weighted by Crippen LogP contribution is -2.51. The Morgan fingerprint density at radius 1 is 1.12 bits per heavy atom. The van der Waals surface area contributed by atoms with Gasteiger partial charge in [0, 0.05) is 34.2 Å². The summed E-state index contributed by atoms with van der Waals surface area (Å²) in [7, 11) is 3.00. The predicted octanol–water partition coefficient (Wildman–Crippen LogP) is 4.33. The summed E-state index contributed by atoms with van der Waals surface area (Å²) in [4.78, 5) is 39.2. The maximum atomic E-state index is 14.4. The van der Waals surface area contributed by atoms with Gasteiger partial charge < -0.3 is 24.5 Å². The van der Waals surface area contributed by atoms with E-state index in [0.717, 1.165) is 5.56 Å². The van der Waals surface area contributed by atoms with Gasteiger partial charge in [0.25, 0.3) is 11.8 Å². The van der Waals surface area contributed by atoms with E-state index in [1.807, 2.05) is 25.1 Å². The minimum absolute atomic E-state index is 0.0803. The lowest BCUT2D eigenvalue weighted by atomic mass is 9.86. The molecule has 40 heavy (non-hydrogen) atoms. The van der Waals surface area contributed by atoms with Crippen LogP contribution in [-0.2, 0) is 10.3 Å². The Hall–Kier alpha value is -4.41. The van der Waals surface area contributed by atoms with Crippen LogP contribution < -0.4 is 19.7 Å². The largest absolute Gasteiger partial charge is 0.496 e. The molecule has 2 aliphatic heterocycles. The van der Waals surface area contributed by atoms with E-state index in [0.29, 0.717) is 50.7 Å². The first-order valence-corrected chi connectivity index (χ1v) is 13.0. The van der Waals surface area contributed by atoms with Gasteiger partial charge in [0.1, 0.15) is 11.6 Å². The van der Waals surface area contributed by atoms with Crippen LogP contribution in [-0.4, -0.2) is 52.3 Å². The highest BCUT2D eigenvalue weighted by Gasteiger charge is 2.64. The zero-order chi connectivity index (χ0) is 28.3. The molecule has 204 valence electrons. The molecular formula is C29H26ClN5O5. The number of nitrogens with one attached hydrogen (secondary N) is 1. The Morgan fingerprint density at radius 2 is 1.93 bits per heavy atom. The second-order valence-electron chi connectivity index (χ2n) is 9.80. The Kier molecular flexibility index (Phi) is 6.04. The molecule has 0 bridgehead atoms. The molecule has 10 nitrogen and oxygen atoms in total. The number of amides is 2. The maximum absolute atomic E-state index is 14.4. The molecule has 2 aromatic heterocycles. The normalized spacial score (nSPS) is 18.1. The van der Waals surface area contributed by atoms with Gasteiger partial charge in [-0.2, -0.15) is 0 Å². The monoisotopic (exact) mass is 559 g/mol. The second kappa shape index (κ2) is 9.35. The lowest BCUT2D eigenvalue weighted by molar-refractivity contribution is -0.119. The van der Waals surface area contributed by atoms with Gasteiger partial charge in [-0.15, -0.1) is 0 Å². The molecule has 0 aliphatic carbocycles. The van der Waals surface area contributed by atoms with Crippen LogP contribution in [0.4, 0.5) is 11.4 Å². The zero-order valence-electron chi connectivity index (χ0n) is 22.2. The number of carbonyl (C=O) groups excluding carboxylic acids is 2. The number of nitrogens with zero attached hydrogens (tertiary/aromatic N) is 4. The number of hydrogen-bond donors (Lipinski definition) is 2. The van der Waals surface area contributed by atoms with E-state index in [2.05, 4.69) is 10.3 Å². The van der Waals surface area contributed by atoms with Crippen LogP contribution in [0.15, 0.2) is 54.7 Å². The highest BCUT2D eigenvalue weighted by Crippen LogP contribution is 2.54. The standard InChI is InChI=1S/C29H26ClN5O5/c1-15-8-9-20-21(10-15)32-28(38)29(20)25-24(27(37)35(29)18-7-5-6-17(30)11-18)33-26(34(25)16(2)14-36)19-13-31-23(40-4)12-22(19)39-3/h5-13,16,36H,14H2,1-4H3,(H,32,38). The van der Waals surface area contributed by atoms with Crippen molar-refractivity contribution in [2.45, 2.75) is 25.4 Å². The SMILES string of the molecule is COc1cc(OC)c(-c2nc3c(n2C(C)CO)C2(C(=O)Nc4cc(C)ccc42)N(c2cccc(Cl)c2)C3=O)cn1. The number of aryl methyl sites for hydroxylation is 1. The third-order valence-electron chi connectivity index (χ3n) is 7.42. The molecule has 0 saturated heterocycles. The third-order valence-corrected chi connectivity index (χ3v) is 7.65. The number of halogens is 1. The van der Waals surface area contributed by atoms with Crippen molar-refractivity contribution < 1.29 is 24.2 Å². The van der Waals surface area contributed by atoms with E-state index in [1.54, 1.807) is 41.8 Å². The summed E-state index contributed by atoms with van der Waals surface area (Å²) in [5.41, 5.74) is 1.83. The second-order valence-corrected chi connectivity index (χ2v) is 10.2. The summed E-state index contributed by atoms with van der Waals surface area (Å²) >= 11 is 6.35. The number of carbonyl (C=O) groups is 2. The predicted molar refractivity (Wildman–Crippen MR) is 149 cm³/mol. The van der Waals surface area contributed by atoms with Gasteiger partial charge in [0.05, 0.1) is 38.1 Å². The number of anilines is 2. The van der Waals surface area contributed by atoms with Crippen molar-refractivity contribution in [2.75, 3.05) is 31.0 Å².